The minimum absolute atomic E-state index is 0. The summed E-state index contributed by atoms with van der Waals surface area (Å²) >= 11 is 0. The van der Waals surface area contributed by atoms with Gasteiger partial charge < -0.3 is 24.0 Å². The molecule has 0 amide bonds. The van der Waals surface area contributed by atoms with Gasteiger partial charge in [0, 0.05) is 0 Å². The van der Waals surface area contributed by atoms with E-state index in [2.05, 4.69) is 0 Å². The third-order valence-electron chi connectivity index (χ3n) is 1.14. The first-order valence-corrected chi connectivity index (χ1v) is 2.81. The van der Waals surface area contributed by atoms with E-state index in [1.807, 2.05) is 0 Å². The van der Waals surface area contributed by atoms with Gasteiger partial charge in [0.2, 0.25) is 0 Å². The molecule has 0 bridgehead atoms. The van der Waals surface area contributed by atoms with Gasteiger partial charge >= 0.3 is 0 Å². The molecule has 2 heteroatoms. The molecule has 0 aliphatic rings. The van der Waals surface area contributed by atoms with E-state index in [0.29, 0.717) is 0 Å². The van der Waals surface area contributed by atoms with Crippen LogP contribution in [0.25, 0.3) is 0 Å². The maximum atomic E-state index is 7.47. The molecule has 0 N–H and O–H groups in total. The fourth-order valence-corrected chi connectivity index (χ4v) is 0.652. The summed E-state index contributed by atoms with van der Waals surface area (Å²) in [5.74, 6) is 0. The van der Waals surface area contributed by atoms with E-state index in [0.717, 1.165) is 0 Å². The molecule has 11 heavy (non-hydrogen) atoms. The molecule has 0 aliphatic carbocycles. The third kappa shape index (κ3) is 3.20. The zero-order valence-electron chi connectivity index (χ0n) is 14.7. The number of halogens is 1. The van der Waals surface area contributed by atoms with Crippen LogP contribution >= 0.6 is 0 Å². The zero-order chi connectivity index (χ0) is 15.1. The zero-order valence-corrected chi connectivity index (χ0v) is 7.87. The van der Waals surface area contributed by atoms with Crippen molar-refractivity contribution < 1.29 is 36.3 Å². The maximum absolute atomic E-state index is 7.47. The van der Waals surface area contributed by atoms with Crippen LogP contribution in [-0.2, 0) is 0 Å². The molecule has 1 aromatic rings. The van der Waals surface area contributed by atoms with E-state index >= 15 is 0 Å². The van der Waals surface area contributed by atoms with Gasteiger partial charge in [0.15, 0.2) is 0 Å². The molecule has 0 spiro atoms. The lowest BCUT2D eigenvalue weighted by Gasteiger charge is -2.22. The average Bonchev–Trinajstić information content (AvgIpc) is 2.12. The molecule has 0 atom stereocenters. The van der Waals surface area contributed by atoms with Crippen LogP contribution in [0.2, 0.25) is 0 Å². The molecular formula is C9H14IN. The summed E-state index contributed by atoms with van der Waals surface area (Å²) in [4.78, 5) is 0. The van der Waals surface area contributed by atoms with Gasteiger partial charge in [-0.25, -0.2) is 0 Å². The first-order chi connectivity index (χ1) is 8.36. The first-order valence-electron chi connectivity index (χ1n) is 7.31. The SMILES string of the molecule is [2H]C([2H])([2H])[N+](c1ccccc1)(C([2H])([2H])[2H])C([2H])([2H])[2H].[I-]. The molecule has 1 rings (SSSR count). The van der Waals surface area contributed by atoms with Crippen molar-refractivity contribution in [1.82, 2.24) is 4.48 Å². The van der Waals surface area contributed by atoms with Gasteiger partial charge in [0.05, 0.1) is 33.3 Å². The van der Waals surface area contributed by atoms with Gasteiger partial charge in [0.25, 0.3) is 0 Å². The van der Waals surface area contributed by atoms with Crippen LogP contribution in [-0.4, -0.2) is 20.9 Å². The molecule has 0 radical (unpaired) electrons. The maximum Gasteiger partial charge on any atom is 0.132 e. The van der Waals surface area contributed by atoms with Gasteiger partial charge in [-0.3, -0.25) is 4.48 Å². The summed E-state index contributed by atoms with van der Waals surface area (Å²) in [5, 5.41) is 0. The number of rotatable bonds is 1. The van der Waals surface area contributed by atoms with Gasteiger partial charge in [0.1, 0.15) is 5.69 Å². The highest BCUT2D eigenvalue weighted by Gasteiger charge is 2.08. The molecular weight excluding hydrogens is 249 g/mol. The van der Waals surface area contributed by atoms with Crippen LogP contribution in [0.15, 0.2) is 30.3 Å². The lowest BCUT2D eigenvalue weighted by molar-refractivity contribution is -0.00000235. The predicted octanol–water partition coefficient (Wildman–Crippen LogP) is -1.11. The van der Waals surface area contributed by atoms with Crippen molar-refractivity contribution in [3.05, 3.63) is 30.3 Å². The van der Waals surface area contributed by atoms with Crippen LogP contribution in [0, 0.1) is 0 Å². The van der Waals surface area contributed by atoms with Gasteiger partial charge in [-0.1, -0.05) is 18.2 Å². The third-order valence-corrected chi connectivity index (χ3v) is 1.14. The summed E-state index contributed by atoms with van der Waals surface area (Å²) in [6.07, 6.45) is 0. The minimum atomic E-state index is -3.25. The lowest BCUT2D eigenvalue weighted by Crippen LogP contribution is -3.00. The summed E-state index contributed by atoms with van der Waals surface area (Å²) < 4.78 is 65.2. The monoisotopic (exact) mass is 272 g/mol. The smallest absolute Gasteiger partial charge is 0.132 e. The largest absolute Gasteiger partial charge is 1.00 e. The second kappa shape index (κ2) is 4.07. The van der Waals surface area contributed by atoms with Crippen molar-refractivity contribution in [2.24, 2.45) is 0 Å². The van der Waals surface area contributed by atoms with E-state index < -0.39 is 25.4 Å². The Morgan fingerprint density at radius 1 is 1.09 bits per heavy atom. The van der Waals surface area contributed by atoms with Gasteiger partial charge in [-0.2, -0.15) is 0 Å². The molecule has 0 fully saturated rings. The Bertz CT molecular complexity index is 397. The quantitative estimate of drug-likeness (QED) is 0.449. The van der Waals surface area contributed by atoms with E-state index in [1.54, 1.807) is 6.07 Å². The molecule has 1 aromatic carbocycles. The van der Waals surface area contributed by atoms with E-state index in [-0.39, 0.29) is 29.7 Å². The summed E-state index contributed by atoms with van der Waals surface area (Å²) in [5.41, 5.74) is -0.289. The van der Waals surface area contributed by atoms with Crippen LogP contribution in [0.5, 0.6) is 0 Å². The Morgan fingerprint density at radius 2 is 1.64 bits per heavy atom. The van der Waals surface area contributed by atoms with Crippen LogP contribution in [0.4, 0.5) is 5.69 Å². The Morgan fingerprint density at radius 3 is 2.09 bits per heavy atom. The average molecular weight is 272 g/mol. The molecule has 0 unspecified atom stereocenters. The molecule has 0 saturated carbocycles. The van der Waals surface area contributed by atoms with Crippen molar-refractivity contribution >= 4 is 5.69 Å². The van der Waals surface area contributed by atoms with E-state index in [9.17, 15) is 0 Å². The molecule has 0 aromatic heterocycles. The van der Waals surface area contributed by atoms with Crippen molar-refractivity contribution in [2.45, 2.75) is 0 Å². The molecule has 0 saturated heterocycles. The lowest BCUT2D eigenvalue weighted by atomic mass is 10.3. The van der Waals surface area contributed by atoms with Crippen molar-refractivity contribution in [3.63, 3.8) is 0 Å². The van der Waals surface area contributed by atoms with Crippen molar-refractivity contribution in [1.29, 1.82) is 0 Å². The highest BCUT2D eigenvalue weighted by molar-refractivity contribution is 5.40. The van der Waals surface area contributed by atoms with Crippen molar-refractivity contribution in [3.8, 4) is 0 Å². The number of para-hydroxylation sites is 1. The fourth-order valence-electron chi connectivity index (χ4n) is 0.652. The summed E-state index contributed by atoms with van der Waals surface area (Å²) in [6, 6.07) is 6.77. The number of benzene rings is 1. The standard InChI is InChI=1S/C9H14N.HI/c1-10(2,3)9-7-5-4-6-8-9;/h4-8H,1-3H3;1H/q+1;/p-1/i1D3,2D3,3D3;. The summed E-state index contributed by atoms with van der Waals surface area (Å²) in [7, 11) is 0. The second-order valence-electron chi connectivity index (χ2n) is 2.01. The van der Waals surface area contributed by atoms with E-state index in [1.165, 1.54) is 24.3 Å². The van der Waals surface area contributed by atoms with Crippen LogP contribution in [0.3, 0.4) is 0 Å². The van der Waals surface area contributed by atoms with E-state index in [4.69, 9.17) is 12.3 Å². The molecule has 62 valence electrons. The number of nitrogens with zero attached hydrogens (tertiary/aromatic N) is 1. The number of quaternary nitrogens is 1. The van der Waals surface area contributed by atoms with Crippen molar-refractivity contribution in [2.75, 3.05) is 20.9 Å². The van der Waals surface area contributed by atoms with Crippen LogP contribution < -0.4 is 28.5 Å². The molecule has 1 nitrogen and oxygen atoms in total. The van der Waals surface area contributed by atoms with Crippen LogP contribution in [0.1, 0.15) is 12.3 Å². The minimum Gasteiger partial charge on any atom is -1.00 e. The Balaban J connectivity index is 0.00000361. The fraction of sp³-hybridized carbons (Fsp3) is 0.333. The highest BCUT2D eigenvalue weighted by atomic mass is 127. The van der Waals surface area contributed by atoms with Gasteiger partial charge in [-0.15, -0.1) is 0 Å². The number of hydrogen-bond acceptors (Lipinski definition) is 0. The normalized spacial score (nSPS) is 26.0. The molecule has 0 aliphatic heterocycles. The Hall–Kier alpha value is -0.0900. The Kier molecular flexibility index (Phi) is 1.11. The Labute approximate surface area is 98.3 Å². The summed E-state index contributed by atoms with van der Waals surface area (Å²) in [6.45, 7) is -9.76. The topological polar surface area (TPSA) is 0 Å². The first kappa shape index (κ1) is 3.00. The number of hydrogen-bond donors (Lipinski definition) is 0. The highest BCUT2D eigenvalue weighted by Crippen LogP contribution is 2.14. The van der Waals surface area contributed by atoms with Gasteiger partial charge in [-0.05, 0) is 12.1 Å². The second-order valence-corrected chi connectivity index (χ2v) is 2.01. The predicted molar refractivity (Wildman–Crippen MR) is 46.0 cm³/mol. The molecule has 0 heterocycles.